The van der Waals surface area contributed by atoms with Crippen LogP contribution in [-0.4, -0.2) is 5.91 Å². The molecule has 1 N–H and O–H groups in total. The van der Waals surface area contributed by atoms with Gasteiger partial charge in [0.2, 0.25) is 5.91 Å². The van der Waals surface area contributed by atoms with Gasteiger partial charge < -0.3 is 9.73 Å². The molecule has 2 rings (SSSR count). The van der Waals surface area contributed by atoms with Gasteiger partial charge in [-0.3, -0.25) is 4.79 Å². The summed E-state index contributed by atoms with van der Waals surface area (Å²) in [6.07, 6.45) is 1.46. The SMILES string of the molecule is CC(C)CCC(=O)NCc1ccc(-c2ccc(Cl)cc2)o1. The number of hydrogen-bond acceptors (Lipinski definition) is 2. The van der Waals surface area contributed by atoms with Crippen LogP contribution in [0.3, 0.4) is 0 Å². The summed E-state index contributed by atoms with van der Waals surface area (Å²) >= 11 is 5.86. The van der Waals surface area contributed by atoms with Crippen LogP contribution in [0.4, 0.5) is 0 Å². The Bertz CT molecular complexity index is 587. The highest BCUT2D eigenvalue weighted by Gasteiger charge is 2.07. The maximum absolute atomic E-state index is 11.7. The summed E-state index contributed by atoms with van der Waals surface area (Å²) in [4.78, 5) is 11.7. The van der Waals surface area contributed by atoms with Crippen molar-refractivity contribution in [2.45, 2.75) is 33.2 Å². The predicted octanol–water partition coefficient (Wildman–Crippen LogP) is 4.65. The standard InChI is InChI=1S/C17H20ClNO2/c1-12(2)3-10-17(20)19-11-15-8-9-16(21-15)13-4-6-14(18)7-5-13/h4-9,12H,3,10-11H2,1-2H3,(H,19,20). The highest BCUT2D eigenvalue weighted by molar-refractivity contribution is 6.30. The van der Waals surface area contributed by atoms with E-state index in [9.17, 15) is 4.79 Å². The third-order valence-corrected chi connectivity index (χ3v) is 3.45. The van der Waals surface area contributed by atoms with E-state index in [1.54, 1.807) is 0 Å². The number of carbonyl (C=O) groups excluding carboxylic acids is 1. The monoisotopic (exact) mass is 305 g/mol. The molecule has 0 aliphatic heterocycles. The number of hydrogen-bond donors (Lipinski definition) is 1. The van der Waals surface area contributed by atoms with Gasteiger partial charge in [0.25, 0.3) is 0 Å². The summed E-state index contributed by atoms with van der Waals surface area (Å²) < 4.78 is 5.73. The van der Waals surface area contributed by atoms with Gasteiger partial charge in [0.15, 0.2) is 0 Å². The van der Waals surface area contributed by atoms with Crippen LogP contribution in [0.1, 0.15) is 32.4 Å². The lowest BCUT2D eigenvalue weighted by Crippen LogP contribution is -2.22. The van der Waals surface area contributed by atoms with E-state index >= 15 is 0 Å². The fraction of sp³-hybridized carbons (Fsp3) is 0.353. The third-order valence-electron chi connectivity index (χ3n) is 3.20. The van der Waals surface area contributed by atoms with Crippen molar-refractivity contribution in [2.75, 3.05) is 0 Å². The minimum Gasteiger partial charge on any atom is -0.459 e. The van der Waals surface area contributed by atoms with E-state index in [4.69, 9.17) is 16.0 Å². The normalized spacial score (nSPS) is 10.9. The Kier molecular flexibility index (Phi) is 5.45. The van der Waals surface area contributed by atoms with Crippen molar-refractivity contribution in [3.05, 3.63) is 47.2 Å². The molecular weight excluding hydrogens is 286 g/mol. The molecule has 112 valence electrons. The Morgan fingerprint density at radius 3 is 2.57 bits per heavy atom. The molecule has 1 aromatic heterocycles. The van der Waals surface area contributed by atoms with Gasteiger partial charge in [0, 0.05) is 17.0 Å². The number of amides is 1. The zero-order chi connectivity index (χ0) is 15.2. The van der Waals surface area contributed by atoms with Gasteiger partial charge in [-0.05, 0) is 48.7 Å². The number of carbonyl (C=O) groups is 1. The third kappa shape index (κ3) is 4.94. The van der Waals surface area contributed by atoms with Crippen LogP contribution in [-0.2, 0) is 11.3 Å². The summed E-state index contributed by atoms with van der Waals surface area (Å²) in [6.45, 7) is 4.64. The zero-order valence-corrected chi connectivity index (χ0v) is 13.1. The van der Waals surface area contributed by atoms with Crippen LogP contribution >= 0.6 is 11.6 Å². The average Bonchev–Trinajstić information content (AvgIpc) is 2.92. The zero-order valence-electron chi connectivity index (χ0n) is 12.4. The molecular formula is C17H20ClNO2. The topological polar surface area (TPSA) is 42.2 Å². The second-order valence-corrected chi connectivity index (χ2v) is 5.92. The molecule has 0 spiro atoms. The molecule has 0 radical (unpaired) electrons. The molecule has 21 heavy (non-hydrogen) atoms. The van der Waals surface area contributed by atoms with Gasteiger partial charge in [-0.15, -0.1) is 0 Å². The van der Waals surface area contributed by atoms with Crippen LogP contribution in [0.5, 0.6) is 0 Å². The summed E-state index contributed by atoms with van der Waals surface area (Å²) in [5, 5.41) is 3.57. The Morgan fingerprint density at radius 2 is 1.90 bits per heavy atom. The first-order valence-corrected chi connectivity index (χ1v) is 7.53. The lowest BCUT2D eigenvalue weighted by molar-refractivity contribution is -0.121. The molecule has 0 aliphatic carbocycles. The second-order valence-electron chi connectivity index (χ2n) is 5.48. The van der Waals surface area contributed by atoms with Crippen LogP contribution in [0.25, 0.3) is 11.3 Å². The fourth-order valence-corrected chi connectivity index (χ4v) is 2.06. The summed E-state index contributed by atoms with van der Waals surface area (Å²) in [5.74, 6) is 2.12. The van der Waals surface area contributed by atoms with Gasteiger partial charge >= 0.3 is 0 Å². The molecule has 2 aromatic rings. The molecule has 1 heterocycles. The van der Waals surface area contributed by atoms with E-state index < -0.39 is 0 Å². The maximum atomic E-state index is 11.7. The molecule has 0 saturated carbocycles. The van der Waals surface area contributed by atoms with Gasteiger partial charge in [-0.2, -0.15) is 0 Å². The molecule has 1 aromatic carbocycles. The van der Waals surface area contributed by atoms with Crippen LogP contribution in [0.2, 0.25) is 5.02 Å². The molecule has 0 atom stereocenters. The van der Waals surface area contributed by atoms with Gasteiger partial charge in [-0.1, -0.05) is 25.4 Å². The number of benzene rings is 1. The van der Waals surface area contributed by atoms with Crippen molar-refractivity contribution < 1.29 is 9.21 Å². The maximum Gasteiger partial charge on any atom is 0.220 e. The summed E-state index contributed by atoms with van der Waals surface area (Å²) in [7, 11) is 0. The van der Waals surface area contributed by atoms with Crippen LogP contribution in [0.15, 0.2) is 40.8 Å². The Morgan fingerprint density at radius 1 is 1.19 bits per heavy atom. The average molecular weight is 306 g/mol. The van der Waals surface area contributed by atoms with E-state index in [1.807, 2.05) is 36.4 Å². The second kappa shape index (κ2) is 7.32. The number of nitrogens with one attached hydrogen (secondary N) is 1. The first-order chi connectivity index (χ1) is 10.0. The first-order valence-electron chi connectivity index (χ1n) is 7.16. The minimum absolute atomic E-state index is 0.0631. The van der Waals surface area contributed by atoms with Crippen LogP contribution in [0, 0.1) is 5.92 Å². The lowest BCUT2D eigenvalue weighted by Gasteiger charge is -2.05. The van der Waals surface area contributed by atoms with E-state index in [-0.39, 0.29) is 5.91 Å². The van der Waals surface area contributed by atoms with E-state index in [2.05, 4.69) is 19.2 Å². The predicted molar refractivity (Wildman–Crippen MR) is 85.1 cm³/mol. The Balaban J connectivity index is 1.88. The van der Waals surface area contributed by atoms with Crippen molar-refractivity contribution in [3.8, 4) is 11.3 Å². The van der Waals surface area contributed by atoms with E-state index in [0.29, 0.717) is 23.9 Å². The molecule has 4 heteroatoms. The van der Waals surface area contributed by atoms with Crippen molar-refractivity contribution >= 4 is 17.5 Å². The smallest absolute Gasteiger partial charge is 0.220 e. The van der Waals surface area contributed by atoms with Crippen molar-refractivity contribution in [1.82, 2.24) is 5.32 Å². The first kappa shape index (κ1) is 15.6. The molecule has 3 nitrogen and oxygen atoms in total. The van der Waals surface area contributed by atoms with E-state index in [0.717, 1.165) is 23.5 Å². The summed E-state index contributed by atoms with van der Waals surface area (Å²) in [5.41, 5.74) is 0.969. The molecule has 0 unspecified atom stereocenters. The quantitative estimate of drug-likeness (QED) is 0.844. The number of halogens is 1. The van der Waals surface area contributed by atoms with Gasteiger partial charge in [-0.25, -0.2) is 0 Å². The Hall–Kier alpha value is -1.74. The van der Waals surface area contributed by atoms with E-state index in [1.165, 1.54) is 0 Å². The van der Waals surface area contributed by atoms with Crippen molar-refractivity contribution in [2.24, 2.45) is 5.92 Å². The van der Waals surface area contributed by atoms with Crippen molar-refractivity contribution in [1.29, 1.82) is 0 Å². The van der Waals surface area contributed by atoms with Crippen LogP contribution < -0.4 is 5.32 Å². The molecule has 0 aliphatic rings. The minimum atomic E-state index is 0.0631. The number of furan rings is 1. The Labute approximate surface area is 130 Å². The molecule has 0 bridgehead atoms. The lowest BCUT2D eigenvalue weighted by atomic mass is 10.1. The summed E-state index contributed by atoms with van der Waals surface area (Å²) in [6, 6.07) is 11.3. The molecule has 1 amide bonds. The largest absolute Gasteiger partial charge is 0.459 e. The molecule has 0 fully saturated rings. The molecule has 0 saturated heterocycles. The highest BCUT2D eigenvalue weighted by atomic mass is 35.5. The van der Waals surface area contributed by atoms with Gasteiger partial charge in [0.1, 0.15) is 11.5 Å². The fourth-order valence-electron chi connectivity index (χ4n) is 1.94. The van der Waals surface area contributed by atoms with Crippen molar-refractivity contribution in [3.63, 3.8) is 0 Å². The highest BCUT2D eigenvalue weighted by Crippen LogP contribution is 2.23. The van der Waals surface area contributed by atoms with Gasteiger partial charge in [0.05, 0.1) is 6.54 Å². The number of rotatable bonds is 6.